The summed E-state index contributed by atoms with van der Waals surface area (Å²) in [6.07, 6.45) is 4.27. The van der Waals surface area contributed by atoms with Crippen LogP contribution in [0.15, 0.2) is 0 Å². The van der Waals surface area contributed by atoms with Gasteiger partial charge in [0.25, 0.3) is 0 Å². The smallest absolute Gasteiger partial charge is 0.320 e. The van der Waals surface area contributed by atoms with Crippen molar-refractivity contribution in [1.82, 2.24) is 9.80 Å². The third-order valence-corrected chi connectivity index (χ3v) is 4.05. The van der Waals surface area contributed by atoms with Crippen molar-refractivity contribution < 1.29 is 4.79 Å². The maximum absolute atomic E-state index is 12.6. The molecule has 4 nitrogen and oxygen atoms in total. The van der Waals surface area contributed by atoms with Gasteiger partial charge in [0.05, 0.1) is 0 Å². The quantitative estimate of drug-likeness (QED) is 0.819. The first kappa shape index (κ1) is 15.3. The first-order chi connectivity index (χ1) is 8.63. The van der Waals surface area contributed by atoms with E-state index in [0.29, 0.717) is 19.1 Å². The molecule has 1 heterocycles. The molecule has 0 unspecified atom stereocenters. The Kier molecular flexibility index (Phi) is 6.47. The van der Waals surface area contributed by atoms with Crippen LogP contribution in [0.1, 0.15) is 46.5 Å². The fraction of sp³-hybridized carbons (Fsp3) is 0.929. The molecule has 0 radical (unpaired) electrons. The summed E-state index contributed by atoms with van der Waals surface area (Å²) in [6.45, 7) is 9.58. The van der Waals surface area contributed by atoms with Crippen LogP contribution in [0.2, 0.25) is 0 Å². The molecule has 2 amide bonds. The van der Waals surface area contributed by atoms with E-state index in [-0.39, 0.29) is 6.03 Å². The number of amides is 2. The maximum Gasteiger partial charge on any atom is 0.320 e. The molecule has 0 spiro atoms. The second kappa shape index (κ2) is 7.62. The summed E-state index contributed by atoms with van der Waals surface area (Å²) < 4.78 is 0. The molecule has 0 bridgehead atoms. The first-order valence-corrected chi connectivity index (χ1v) is 7.39. The summed E-state index contributed by atoms with van der Waals surface area (Å²) in [6, 6.07) is 0.529. The molecule has 0 aromatic heterocycles. The lowest BCUT2D eigenvalue weighted by molar-refractivity contribution is 0.116. The van der Waals surface area contributed by atoms with Gasteiger partial charge in [0, 0.05) is 32.2 Å². The molecule has 1 saturated heterocycles. The minimum Gasteiger partial charge on any atom is -0.329 e. The van der Waals surface area contributed by atoms with Crippen molar-refractivity contribution in [3.63, 3.8) is 0 Å². The highest BCUT2D eigenvalue weighted by Crippen LogP contribution is 2.19. The Bertz CT molecular complexity index is 245. The number of piperidine rings is 1. The Balaban J connectivity index is 2.63. The van der Waals surface area contributed by atoms with E-state index < -0.39 is 0 Å². The zero-order valence-corrected chi connectivity index (χ0v) is 12.2. The summed E-state index contributed by atoms with van der Waals surface area (Å²) in [5.74, 6) is 0.755. The van der Waals surface area contributed by atoms with Crippen LogP contribution in [0, 0.1) is 5.92 Å². The molecule has 0 aromatic rings. The highest BCUT2D eigenvalue weighted by atomic mass is 16.2. The molecule has 1 fully saturated rings. The molecule has 0 atom stereocenters. The molecule has 2 N–H and O–H groups in total. The van der Waals surface area contributed by atoms with E-state index in [1.54, 1.807) is 0 Å². The number of nitrogens with two attached hydrogens (primary N) is 1. The number of rotatable bonds is 5. The van der Waals surface area contributed by atoms with Crippen LogP contribution in [-0.2, 0) is 0 Å². The molecular weight excluding hydrogens is 226 g/mol. The van der Waals surface area contributed by atoms with E-state index in [1.165, 1.54) is 0 Å². The van der Waals surface area contributed by atoms with E-state index in [2.05, 4.69) is 20.8 Å². The first-order valence-electron chi connectivity index (χ1n) is 7.39. The van der Waals surface area contributed by atoms with Crippen molar-refractivity contribution in [3.05, 3.63) is 0 Å². The lowest BCUT2D eigenvalue weighted by Crippen LogP contribution is -2.51. The summed E-state index contributed by atoms with van der Waals surface area (Å²) in [4.78, 5) is 16.5. The summed E-state index contributed by atoms with van der Waals surface area (Å²) in [5, 5.41) is 0. The molecule has 0 aromatic carbocycles. The highest BCUT2D eigenvalue weighted by molar-refractivity contribution is 5.75. The molecular formula is C14H29N3O. The van der Waals surface area contributed by atoms with Gasteiger partial charge < -0.3 is 15.5 Å². The summed E-state index contributed by atoms with van der Waals surface area (Å²) in [7, 11) is 0. The minimum atomic E-state index is 0.195. The van der Waals surface area contributed by atoms with Gasteiger partial charge in [0.15, 0.2) is 0 Å². The monoisotopic (exact) mass is 255 g/mol. The Hall–Kier alpha value is -0.770. The van der Waals surface area contributed by atoms with Gasteiger partial charge in [-0.05, 0) is 31.6 Å². The molecule has 1 aliphatic heterocycles. The Morgan fingerprint density at radius 1 is 1.33 bits per heavy atom. The maximum atomic E-state index is 12.6. The predicted octanol–water partition coefficient (Wildman–Crippen LogP) is 2.29. The summed E-state index contributed by atoms with van der Waals surface area (Å²) >= 11 is 0. The molecule has 0 aliphatic carbocycles. The zero-order valence-electron chi connectivity index (χ0n) is 12.2. The number of urea groups is 1. The Morgan fingerprint density at radius 3 is 2.33 bits per heavy atom. The average Bonchev–Trinajstić information content (AvgIpc) is 2.39. The highest BCUT2D eigenvalue weighted by Gasteiger charge is 2.27. The molecule has 0 saturated carbocycles. The van der Waals surface area contributed by atoms with Crippen molar-refractivity contribution in [2.45, 2.75) is 52.5 Å². The average molecular weight is 255 g/mol. The fourth-order valence-corrected chi connectivity index (χ4v) is 2.68. The van der Waals surface area contributed by atoms with Crippen molar-refractivity contribution in [1.29, 1.82) is 0 Å². The third kappa shape index (κ3) is 3.87. The zero-order chi connectivity index (χ0) is 13.5. The van der Waals surface area contributed by atoms with Crippen LogP contribution < -0.4 is 5.73 Å². The molecule has 1 aliphatic rings. The second-order valence-electron chi connectivity index (χ2n) is 5.40. The van der Waals surface area contributed by atoms with Crippen LogP contribution in [0.5, 0.6) is 0 Å². The van der Waals surface area contributed by atoms with E-state index in [0.717, 1.165) is 44.7 Å². The Morgan fingerprint density at radius 2 is 1.89 bits per heavy atom. The van der Waals surface area contributed by atoms with Gasteiger partial charge >= 0.3 is 6.03 Å². The normalized spacial score (nSPS) is 17.3. The third-order valence-electron chi connectivity index (χ3n) is 4.05. The Labute approximate surface area is 111 Å². The predicted molar refractivity (Wildman–Crippen MR) is 75.5 cm³/mol. The van der Waals surface area contributed by atoms with Crippen molar-refractivity contribution in [2.24, 2.45) is 11.7 Å². The topological polar surface area (TPSA) is 49.6 Å². The van der Waals surface area contributed by atoms with Gasteiger partial charge in [0.2, 0.25) is 0 Å². The van der Waals surface area contributed by atoms with Gasteiger partial charge in [0.1, 0.15) is 0 Å². The van der Waals surface area contributed by atoms with E-state index in [1.807, 2.05) is 9.80 Å². The fourth-order valence-electron chi connectivity index (χ4n) is 2.68. The number of hydrogen-bond donors (Lipinski definition) is 1. The minimum absolute atomic E-state index is 0.195. The standard InChI is InChI=1S/C14H29N3O/c1-4-13(5-2)17(11-8-15)14(18)16-9-6-12(3)7-10-16/h12-13H,4-11,15H2,1-3H3. The van der Waals surface area contributed by atoms with Gasteiger partial charge in [-0.15, -0.1) is 0 Å². The SMILES string of the molecule is CCC(CC)N(CCN)C(=O)N1CCC(C)CC1. The lowest BCUT2D eigenvalue weighted by Gasteiger charge is -2.38. The van der Waals surface area contributed by atoms with Crippen LogP contribution in [-0.4, -0.2) is 48.1 Å². The van der Waals surface area contributed by atoms with Crippen molar-refractivity contribution in [2.75, 3.05) is 26.2 Å². The molecule has 106 valence electrons. The van der Waals surface area contributed by atoms with Crippen LogP contribution in [0.4, 0.5) is 4.79 Å². The van der Waals surface area contributed by atoms with E-state index in [9.17, 15) is 4.79 Å². The van der Waals surface area contributed by atoms with Crippen LogP contribution in [0.25, 0.3) is 0 Å². The summed E-state index contributed by atoms with van der Waals surface area (Å²) in [5.41, 5.74) is 5.65. The van der Waals surface area contributed by atoms with E-state index in [4.69, 9.17) is 5.73 Å². The van der Waals surface area contributed by atoms with Gasteiger partial charge in [-0.1, -0.05) is 20.8 Å². The molecule has 1 rings (SSSR count). The van der Waals surface area contributed by atoms with Crippen LogP contribution in [0.3, 0.4) is 0 Å². The largest absolute Gasteiger partial charge is 0.329 e. The number of hydrogen-bond acceptors (Lipinski definition) is 2. The van der Waals surface area contributed by atoms with Gasteiger partial charge in [-0.2, -0.15) is 0 Å². The van der Waals surface area contributed by atoms with Gasteiger partial charge in [-0.25, -0.2) is 4.79 Å². The van der Waals surface area contributed by atoms with Crippen LogP contribution >= 0.6 is 0 Å². The van der Waals surface area contributed by atoms with E-state index >= 15 is 0 Å². The van der Waals surface area contributed by atoms with Crippen molar-refractivity contribution >= 4 is 6.03 Å². The van der Waals surface area contributed by atoms with Gasteiger partial charge in [-0.3, -0.25) is 0 Å². The lowest BCUT2D eigenvalue weighted by atomic mass is 9.99. The molecule has 4 heteroatoms. The number of carbonyl (C=O) groups excluding carboxylic acids is 1. The number of likely N-dealkylation sites (tertiary alicyclic amines) is 1. The second-order valence-corrected chi connectivity index (χ2v) is 5.40. The number of carbonyl (C=O) groups is 1. The number of nitrogens with zero attached hydrogens (tertiary/aromatic N) is 2. The molecule has 18 heavy (non-hydrogen) atoms. The van der Waals surface area contributed by atoms with Crippen molar-refractivity contribution in [3.8, 4) is 0 Å².